The smallest absolute Gasteiger partial charge is 0.125 e. The second kappa shape index (κ2) is 6.41. The van der Waals surface area contributed by atoms with E-state index >= 15 is 0 Å². The van der Waals surface area contributed by atoms with Crippen molar-refractivity contribution in [2.24, 2.45) is 5.92 Å². The first-order chi connectivity index (χ1) is 8.70. The lowest BCUT2D eigenvalue weighted by Gasteiger charge is -2.15. The molecule has 4 heteroatoms. The summed E-state index contributed by atoms with van der Waals surface area (Å²) in [6, 6.07) is 6.35. The largest absolute Gasteiger partial charge is 0.493 e. The van der Waals surface area contributed by atoms with E-state index in [4.69, 9.17) is 21.4 Å². The van der Waals surface area contributed by atoms with Gasteiger partial charge in [-0.2, -0.15) is 0 Å². The minimum atomic E-state index is 0.133. The topological polar surface area (TPSA) is 41.5 Å². The summed E-state index contributed by atoms with van der Waals surface area (Å²) in [5.74, 6) is 0.948. The first kappa shape index (κ1) is 13.7. The number of nitrogens with one attached hydrogen (secondary N) is 1. The molecule has 2 rings (SSSR count). The van der Waals surface area contributed by atoms with Crippen LogP contribution in [0, 0.1) is 5.92 Å². The third-order valence-electron chi connectivity index (χ3n) is 3.06. The standard InChI is InChI=1S/C14H20ClNO2/c1-10(8-17)9-18-14-4-2-3-13(15)12(14)7-16-11-5-6-11/h2-4,10-11,16-17H,5-9H2,1H3. The van der Waals surface area contributed by atoms with E-state index in [2.05, 4.69) is 5.32 Å². The van der Waals surface area contributed by atoms with E-state index in [1.807, 2.05) is 25.1 Å². The van der Waals surface area contributed by atoms with Crippen LogP contribution < -0.4 is 10.1 Å². The minimum absolute atomic E-state index is 0.133. The molecule has 1 atom stereocenters. The average Bonchev–Trinajstić information content (AvgIpc) is 3.18. The molecular formula is C14H20ClNO2. The molecule has 1 fully saturated rings. The van der Waals surface area contributed by atoms with Crippen LogP contribution in [0.25, 0.3) is 0 Å². The Morgan fingerprint density at radius 3 is 2.94 bits per heavy atom. The van der Waals surface area contributed by atoms with Crippen LogP contribution in [0.4, 0.5) is 0 Å². The molecule has 1 saturated carbocycles. The third kappa shape index (κ3) is 3.87. The summed E-state index contributed by atoms with van der Waals surface area (Å²) < 4.78 is 5.74. The summed E-state index contributed by atoms with van der Waals surface area (Å²) >= 11 is 6.21. The molecule has 0 bridgehead atoms. The first-order valence-electron chi connectivity index (χ1n) is 6.45. The Kier molecular flexibility index (Phi) is 4.87. The van der Waals surface area contributed by atoms with Crippen LogP contribution in [-0.2, 0) is 6.54 Å². The molecule has 2 N–H and O–H groups in total. The lowest BCUT2D eigenvalue weighted by atomic mass is 10.2. The third-order valence-corrected chi connectivity index (χ3v) is 3.41. The average molecular weight is 270 g/mol. The van der Waals surface area contributed by atoms with Crippen LogP contribution in [0.3, 0.4) is 0 Å². The van der Waals surface area contributed by atoms with Gasteiger partial charge in [0.05, 0.1) is 6.61 Å². The maximum Gasteiger partial charge on any atom is 0.125 e. The van der Waals surface area contributed by atoms with Gasteiger partial charge in [-0.25, -0.2) is 0 Å². The normalized spacial score (nSPS) is 16.6. The highest BCUT2D eigenvalue weighted by Gasteiger charge is 2.21. The van der Waals surface area contributed by atoms with Gasteiger partial charge in [0.1, 0.15) is 5.75 Å². The van der Waals surface area contributed by atoms with Crippen molar-refractivity contribution in [1.29, 1.82) is 0 Å². The van der Waals surface area contributed by atoms with E-state index in [9.17, 15) is 0 Å². The summed E-state index contributed by atoms with van der Waals surface area (Å²) in [7, 11) is 0. The van der Waals surface area contributed by atoms with Gasteiger partial charge < -0.3 is 15.2 Å². The van der Waals surface area contributed by atoms with Crippen LogP contribution in [0.15, 0.2) is 18.2 Å². The highest BCUT2D eigenvalue weighted by atomic mass is 35.5. The van der Waals surface area contributed by atoms with Crippen molar-refractivity contribution >= 4 is 11.6 Å². The molecule has 0 heterocycles. The number of aliphatic hydroxyl groups is 1. The van der Waals surface area contributed by atoms with Crippen molar-refractivity contribution < 1.29 is 9.84 Å². The van der Waals surface area contributed by atoms with Crippen LogP contribution in [0.5, 0.6) is 5.75 Å². The molecule has 3 nitrogen and oxygen atoms in total. The molecule has 0 radical (unpaired) electrons. The summed E-state index contributed by atoms with van der Waals surface area (Å²) in [6.07, 6.45) is 2.50. The van der Waals surface area contributed by atoms with E-state index in [-0.39, 0.29) is 12.5 Å². The number of ether oxygens (including phenoxy) is 1. The fourth-order valence-electron chi connectivity index (χ4n) is 1.66. The number of hydrogen-bond donors (Lipinski definition) is 2. The van der Waals surface area contributed by atoms with Crippen LogP contribution >= 0.6 is 11.6 Å². The molecule has 100 valence electrons. The molecular weight excluding hydrogens is 250 g/mol. The maximum absolute atomic E-state index is 9.00. The van der Waals surface area contributed by atoms with Gasteiger partial charge in [0, 0.05) is 35.7 Å². The van der Waals surface area contributed by atoms with Gasteiger partial charge in [0.15, 0.2) is 0 Å². The van der Waals surface area contributed by atoms with E-state index in [1.165, 1.54) is 12.8 Å². The summed E-state index contributed by atoms with van der Waals surface area (Å²) in [4.78, 5) is 0. The van der Waals surface area contributed by atoms with Gasteiger partial charge >= 0.3 is 0 Å². The zero-order chi connectivity index (χ0) is 13.0. The van der Waals surface area contributed by atoms with Gasteiger partial charge in [0.2, 0.25) is 0 Å². The predicted molar refractivity (Wildman–Crippen MR) is 73.1 cm³/mol. The van der Waals surface area contributed by atoms with Crippen LogP contribution in [0.1, 0.15) is 25.3 Å². The zero-order valence-electron chi connectivity index (χ0n) is 10.7. The Labute approximate surface area is 113 Å². The summed E-state index contributed by atoms with van der Waals surface area (Å²) in [5.41, 5.74) is 1.01. The Bertz CT molecular complexity index is 393. The minimum Gasteiger partial charge on any atom is -0.493 e. The van der Waals surface area contributed by atoms with Gasteiger partial charge in [-0.3, -0.25) is 0 Å². The molecule has 1 aromatic rings. The lowest BCUT2D eigenvalue weighted by Crippen LogP contribution is -2.18. The maximum atomic E-state index is 9.00. The van der Waals surface area contributed by atoms with Crippen molar-refractivity contribution in [1.82, 2.24) is 5.32 Å². The molecule has 0 saturated heterocycles. The molecule has 0 amide bonds. The second-order valence-electron chi connectivity index (χ2n) is 4.97. The number of hydrogen-bond acceptors (Lipinski definition) is 3. The Morgan fingerprint density at radius 2 is 2.28 bits per heavy atom. The number of benzene rings is 1. The Balaban J connectivity index is 1.99. The van der Waals surface area contributed by atoms with E-state index in [0.29, 0.717) is 12.6 Å². The molecule has 1 unspecified atom stereocenters. The molecule has 1 aliphatic carbocycles. The Hall–Kier alpha value is -0.770. The van der Waals surface area contributed by atoms with Crippen molar-refractivity contribution in [3.8, 4) is 5.75 Å². The van der Waals surface area contributed by atoms with Gasteiger partial charge in [-0.15, -0.1) is 0 Å². The van der Waals surface area contributed by atoms with Crippen molar-refractivity contribution in [3.63, 3.8) is 0 Å². The molecule has 1 aliphatic rings. The van der Waals surface area contributed by atoms with Crippen molar-refractivity contribution in [2.45, 2.75) is 32.4 Å². The molecule has 18 heavy (non-hydrogen) atoms. The first-order valence-corrected chi connectivity index (χ1v) is 6.83. The predicted octanol–water partition coefficient (Wildman–Crippen LogP) is 2.60. The fraction of sp³-hybridized carbons (Fsp3) is 0.571. The Morgan fingerprint density at radius 1 is 1.50 bits per heavy atom. The van der Waals surface area contributed by atoms with E-state index < -0.39 is 0 Å². The van der Waals surface area contributed by atoms with Gasteiger partial charge in [-0.05, 0) is 25.0 Å². The molecule has 0 aromatic heterocycles. The van der Waals surface area contributed by atoms with E-state index in [0.717, 1.165) is 22.9 Å². The van der Waals surface area contributed by atoms with Crippen LogP contribution in [-0.4, -0.2) is 24.4 Å². The monoisotopic (exact) mass is 269 g/mol. The summed E-state index contributed by atoms with van der Waals surface area (Å²) in [6.45, 7) is 3.34. The highest BCUT2D eigenvalue weighted by molar-refractivity contribution is 6.31. The second-order valence-corrected chi connectivity index (χ2v) is 5.38. The van der Waals surface area contributed by atoms with Gasteiger partial charge in [0.25, 0.3) is 0 Å². The van der Waals surface area contributed by atoms with Crippen molar-refractivity contribution in [2.75, 3.05) is 13.2 Å². The summed E-state index contributed by atoms with van der Waals surface area (Å²) in [5, 5.41) is 13.2. The molecule has 0 spiro atoms. The molecule has 1 aromatic carbocycles. The highest BCUT2D eigenvalue weighted by Crippen LogP contribution is 2.28. The number of rotatable bonds is 7. The zero-order valence-corrected chi connectivity index (χ0v) is 11.4. The SMILES string of the molecule is CC(CO)COc1cccc(Cl)c1CNC1CC1. The molecule has 0 aliphatic heterocycles. The van der Waals surface area contributed by atoms with Gasteiger partial charge in [-0.1, -0.05) is 24.6 Å². The lowest BCUT2D eigenvalue weighted by molar-refractivity contribution is 0.173. The fourth-order valence-corrected chi connectivity index (χ4v) is 1.90. The number of halogens is 1. The van der Waals surface area contributed by atoms with Crippen molar-refractivity contribution in [3.05, 3.63) is 28.8 Å². The number of aliphatic hydroxyl groups excluding tert-OH is 1. The van der Waals surface area contributed by atoms with Crippen LogP contribution in [0.2, 0.25) is 5.02 Å². The quantitative estimate of drug-likeness (QED) is 0.800. The van der Waals surface area contributed by atoms with E-state index in [1.54, 1.807) is 0 Å².